The van der Waals surface area contributed by atoms with Gasteiger partial charge in [-0.1, -0.05) is 54.1 Å². The van der Waals surface area contributed by atoms with E-state index in [9.17, 15) is 0 Å². The average molecular weight is 218 g/mol. The summed E-state index contributed by atoms with van der Waals surface area (Å²) in [5.74, 6) is 0. The molecule has 0 atom stereocenters. The Labute approximate surface area is 103 Å². The average Bonchev–Trinajstić information content (AvgIpc) is 2.72. The molecule has 0 heteroatoms. The van der Waals surface area contributed by atoms with Gasteiger partial charge in [-0.3, -0.25) is 0 Å². The molecule has 0 unspecified atom stereocenters. The van der Waals surface area contributed by atoms with Crippen molar-refractivity contribution >= 4 is 5.57 Å². The number of hydrogen-bond acceptors (Lipinski definition) is 0. The topological polar surface area (TPSA) is 0 Å². The van der Waals surface area contributed by atoms with Crippen LogP contribution >= 0.6 is 0 Å². The van der Waals surface area contributed by atoms with E-state index in [1.807, 2.05) is 0 Å². The van der Waals surface area contributed by atoms with E-state index in [4.69, 9.17) is 0 Å². The monoisotopic (exact) mass is 218 g/mol. The molecule has 17 heavy (non-hydrogen) atoms. The zero-order valence-electron chi connectivity index (χ0n) is 10.1. The number of rotatable bonds is 1. The van der Waals surface area contributed by atoms with Gasteiger partial charge in [0.2, 0.25) is 0 Å². The Hall–Kier alpha value is -1.82. The lowest BCUT2D eigenvalue weighted by Gasteiger charge is -2.09. The lowest BCUT2D eigenvalue weighted by molar-refractivity contribution is 1.39. The fourth-order valence-electron chi connectivity index (χ4n) is 2.33. The molecule has 1 aliphatic carbocycles. The standard InChI is InChI=1S/C17H14/c1-12-7-8-14-9-10-16(17(14)11-12)15-6-4-3-5-13(15)2/h3-8,10-11H,1-2H3. The minimum atomic E-state index is 1.20. The Morgan fingerprint density at radius 2 is 1.71 bits per heavy atom. The summed E-state index contributed by atoms with van der Waals surface area (Å²) in [5, 5.41) is 0. The van der Waals surface area contributed by atoms with Gasteiger partial charge in [0.15, 0.2) is 0 Å². The molecule has 0 fully saturated rings. The number of allylic oxidation sites excluding steroid dienone is 1. The van der Waals surface area contributed by atoms with Crippen LogP contribution in [0.4, 0.5) is 0 Å². The Bertz CT molecular complexity index is 603. The SMILES string of the molecule is Cc1ccc2c(c1)C(c1ccccc1C)=C[C]2. The minimum Gasteiger partial charge on any atom is -0.0629 e. The van der Waals surface area contributed by atoms with E-state index in [-0.39, 0.29) is 0 Å². The van der Waals surface area contributed by atoms with Crippen LogP contribution in [0.3, 0.4) is 0 Å². The fourth-order valence-corrected chi connectivity index (χ4v) is 2.33. The predicted molar refractivity (Wildman–Crippen MR) is 71.8 cm³/mol. The highest BCUT2D eigenvalue weighted by Crippen LogP contribution is 2.35. The molecule has 0 spiro atoms. The second-order valence-electron chi connectivity index (χ2n) is 4.57. The van der Waals surface area contributed by atoms with Crippen LogP contribution in [0.5, 0.6) is 0 Å². The normalized spacial score (nSPS) is 13.4. The Morgan fingerprint density at radius 1 is 0.882 bits per heavy atom. The van der Waals surface area contributed by atoms with Crippen molar-refractivity contribution < 1.29 is 0 Å². The summed E-state index contributed by atoms with van der Waals surface area (Å²) in [6, 6.07) is 15.0. The molecule has 0 nitrogen and oxygen atoms in total. The van der Waals surface area contributed by atoms with Crippen molar-refractivity contribution in [1.29, 1.82) is 0 Å². The smallest absolute Gasteiger partial charge is 0.0436 e. The first-order valence-electron chi connectivity index (χ1n) is 5.89. The highest BCUT2D eigenvalue weighted by atomic mass is 14.2. The summed E-state index contributed by atoms with van der Waals surface area (Å²) in [7, 11) is 0. The van der Waals surface area contributed by atoms with E-state index in [1.54, 1.807) is 0 Å². The Morgan fingerprint density at radius 3 is 2.53 bits per heavy atom. The summed E-state index contributed by atoms with van der Waals surface area (Å²) < 4.78 is 0. The molecule has 0 aliphatic heterocycles. The van der Waals surface area contributed by atoms with Crippen LogP contribution in [0.2, 0.25) is 0 Å². The molecule has 2 radical (unpaired) electrons. The molecular formula is C17H14. The van der Waals surface area contributed by atoms with Gasteiger partial charge in [0, 0.05) is 6.42 Å². The van der Waals surface area contributed by atoms with Crippen LogP contribution in [0.15, 0.2) is 48.5 Å². The maximum atomic E-state index is 3.34. The number of hydrogen-bond donors (Lipinski definition) is 0. The van der Waals surface area contributed by atoms with Gasteiger partial charge in [0.25, 0.3) is 0 Å². The second kappa shape index (κ2) is 3.89. The van der Waals surface area contributed by atoms with Gasteiger partial charge in [0.05, 0.1) is 0 Å². The third-order valence-corrected chi connectivity index (χ3v) is 3.27. The van der Waals surface area contributed by atoms with Crippen molar-refractivity contribution in [2.75, 3.05) is 0 Å². The quantitative estimate of drug-likeness (QED) is 0.673. The molecule has 2 aromatic carbocycles. The van der Waals surface area contributed by atoms with Crippen molar-refractivity contribution in [3.05, 3.63) is 82.8 Å². The molecule has 3 rings (SSSR count). The molecule has 2 aromatic rings. The van der Waals surface area contributed by atoms with Crippen LogP contribution in [0.25, 0.3) is 5.57 Å². The molecular weight excluding hydrogens is 204 g/mol. The summed E-state index contributed by atoms with van der Waals surface area (Å²) in [4.78, 5) is 0. The first-order chi connectivity index (χ1) is 8.25. The van der Waals surface area contributed by atoms with E-state index in [1.165, 1.54) is 33.4 Å². The van der Waals surface area contributed by atoms with Crippen molar-refractivity contribution in [3.63, 3.8) is 0 Å². The van der Waals surface area contributed by atoms with E-state index in [0.29, 0.717) is 0 Å². The predicted octanol–water partition coefficient (Wildman–Crippen LogP) is 4.18. The van der Waals surface area contributed by atoms with Gasteiger partial charge in [-0.25, -0.2) is 0 Å². The van der Waals surface area contributed by atoms with Crippen molar-refractivity contribution in [3.8, 4) is 0 Å². The van der Waals surface area contributed by atoms with Crippen LogP contribution in [-0.4, -0.2) is 0 Å². The highest BCUT2D eigenvalue weighted by Gasteiger charge is 2.16. The van der Waals surface area contributed by atoms with Crippen molar-refractivity contribution in [2.45, 2.75) is 13.8 Å². The van der Waals surface area contributed by atoms with E-state index in [0.717, 1.165) is 0 Å². The Kier molecular flexibility index (Phi) is 2.36. The second-order valence-corrected chi connectivity index (χ2v) is 4.57. The van der Waals surface area contributed by atoms with Crippen LogP contribution in [0.1, 0.15) is 27.8 Å². The molecule has 0 aromatic heterocycles. The fraction of sp³-hybridized carbons (Fsp3) is 0.118. The first-order valence-corrected chi connectivity index (χ1v) is 5.89. The molecule has 0 heterocycles. The van der Waals surface area contributed by atoms with Gasteiger partial charge < -0.3 is 0 Å². The number of aryl methyl sites for hydroxylation is 2. The molecule has 0 N–H and O–H groups in total. The van der Waals surface area contributed by atoms with Gasteiger partial charge in [0.1, 0.15) is 0 Å². The first kappa shape index (κ1) is 10.3. The molecule has 0 saturated carbocycles. The molecule has 0 bridgehead atoms. The van der Waals surface area contributed by atoms with Crippen LogP contribution < -0.4 is 0 Å². The zero-order valence-corrected chi connectivity index (χ0v) is 10.1. The van der Waals surface area contributed by atoms with Crippen LogP contribution in [-0.2, 0) is 0 Å². The molecule has 1 aliphatic rings. The summed E-state index contributed by atoms with van der Waals surface area (Å²) in [6.07, 6.45) is 5.44. The van der Waals surface area contributed by atoms with Gasteiger partial charge in [-0.2, -0.15) is 0 Å². The molecule has 0 saturated heterocycles. The minimum absolute atomic E-state index is 1.20. The number of benzene rings is 2. The molecule has 0 amide bonds. The van der Waals surface area contributed by atoms with Gasteiger partial charge >= 0.3 is 0 Å². The molecule has 82 valence electrons. The zero-order chi connectivity index (χ0) is 11.8. The van der Waals surface area contributed by atoms with Gasteiger partial charge in [-0.15, -0.1) is 0 Å². The van der Waals surface area contributed by atoms with Crippen LogP contribution in [0, 0.1) is 20.3 Å². The highest BCUT2D eigenvalue weighted by molar-refractivity contribution is 5.88. The maximum Gasteiger partial charge on any atom is 0.0436 e. The third kappa shape index (κ3) is 1.70. The lowest BCUT2D eigenvalue weighted by Crippen LogP contribution is -1.90. The summed E-state index contributed by atoms with van der Waals surface area (Å²) in [6.45, 7) is 4.29. The third-order valence-electron chi connectivity index (χ3n) is 3.27. The summed E-state index contributed by atoms with van der Waals surface area (Å²) >= 11 is 0. The van der Waals surface area contributed by atoms with E-state index in [2.05, 4.69) is 68.8 Å². The Balaban J connectivity index is 2.15. The lowest BCUT2D eigenvalue weighted by atomic mass is 9.95. The van der Waals surface area contributed by atoms with Crippen molar-refractivity contribution in [1.82, 2.24) is 0 Å². The van der Waals surface area contributed by atoms with Gasteiger partial charge in [-0.05, 0) is 41.7 Å². The van der Waals surface area contributed by atoms with E-state index < -0.39 is 0 Å². The largest absolute Gasteiger partial charge is 0.0629 e. The van der Waals surface area contributed by atoms with Crippen molar-refractivity contribution in [2.24, 2.45) is 0 Å². The number of fused-ring (bicyclic) bond motifs is 1. The van der Waals surface area contributed by atoms with E-state index >= 15 is 0 Å². The maximum absolute atomic E-state index is 3.34. The summed E-state index contributed by atoms with van der Waals surface area (Å²) in [5.41, 5.74) is 7.72.